The molecule has 0 spiro atoms. The lowest BCUT2D eigenvalue weighted by atomic mass is 10.1. The predicted molar refractivity (Wildman–Crippen MR) is 60.7 cm³/mol. The molecule has 0 unspecified atom stereocenters. The molecule has 0 fully saturated rings. The molecule has 0 bridgehead atoms. The van der Waals surface area contributed by atoms with Crippen LogP contribution in [0, 0.1) is 13.8 Å². The quantitative estimate of drug-likeness (QED) is 0.760. The maximum Gasteiger partial charge on any atom is 0.128 e. The van der Waals surface area contributed by atoms with Gasteiger partial charge in [-0.15, -0.1) is 0 Å². The summed E-state index contributed by atoms with van der Waals surface area (Å²) in [5.41, 5.74) is 3.62. The van der Waals surface area contributed by atoms with Crippen LogP contribution in [0.1, 0.15) is 11.1 Å². The number of benzene rings is 1. The Kier molecular flexibility index (Phi) is 2.42. The second kappa shape index (κ2) is 3.58. The van der Waals surface area contributed by atoms with Crippen LogP contribution in [0.15, 0.2) is 35.1 Å². The van der Waals surface area contributed by atoms with Crippen molar-refractivity contribution in [2.24, 2.45) is 0 Å². The number of aryl methyl sites for hydroxylation is 2. The van der Waals surface area contributed by atoms with E-state index in [1.807, 2.05) is 16.9 Å². The van der Waals surface area contributed by atoms with Crippen LogP contribution in [0.3, 0.4) is 0 Å². The Morgan fingerprint density at radius 1 is 1.14 bits per heavy atom. The van der Waals surface area contributed by atoms with E-state index < -0.39 is 0 Å². The van der Waals surface area contributed by atoms with E-state index >= 15 is 0 Å². The molecular formula is C11H11BrN2. The molecule has 1 aromatic carbocycles. The molecule has 2 nitrogen and oxygen atoms in total. The normalized spacial score (nSPS) is 10.5. The maximum atomic E-state index is 4.30. The standard InChI is InChI=1S/C11H11BrN2/c1-8-5-9(2)7-10(6-8)14-4-3-11(12)13-14/h3-7H,1-2H3. The number of halogens is 1. The van der Waals surface area contributed by atoms with Gasteiger partial charge in [-0.1, -0.05) is 6.07 Å². The molecule has 0 radical (unpaired) electrons. The zero-order chi connectivity index (χ0) is 10.1. The fourth-order valence-corrected chi connectivity index (χ4v) is 1.82. The Morgan fingerprint density at radius 3 is 2.29 bits per heavy atom. The average molecular weight is 251 g/mol. The van der Waals surface area contributed by atoms with Crippen LogP contribution in [-0.4, -0.2) is 9.78 Å². The van der Waals surface area contributed by atoms with Crippen molar-refractivity contribution in [3.05, 3.63) is 46.2 Å². The third-order valence-corrected chi connectivity index (χ3v) is 2.45. The van der Waals surface area contributed by atoms with Crippen LogP contribution in [0.5, 0.6) is 0 Å². The first kappa shape index (κ1) is 9.46. The number of hydrogen-bond donors (Lipinski definition) is 0. The Bertz CT molecular complexity index is 440. The largest absolute Gasteiger partial charge is 0.240 e. The summed E-state index contributed by atoms with van der Waals surface area (Å²) in [5.74, 6) is 0. The van der Waals surface area contributed by atoms with Crippen LogP contribution in [-0.2, 0) is 0 Å². The van der Waals surface area contributed by atoms with Gasteiger partial charge in [0.05, 0.1) is 5.69 Å². The molecule has 0 saturated carbocycles. The third kappa shape index (κ3) is 1.87. The van der Waals surface area contributed by atoms with Crippen molar-refractivity contribution >= 4 is 15.9 Å². The second-order valence-corrected chi connectivity index (χ2v) is 4.24. The summed E-state index contributed by atoms with van der Waals surface area (Å²) in [4.78, 5) is 0. The van der Waals surface area contributed by atoms with E-state index in [0.29, 0.717) is 0 Å². The highest BCUT2D eigenvalue weighted by atomic mass is 79.9. The van der Waals surface area contributed by atoms with Crippen LogP contribution in [0.4, 0.5) is 0 Å². The molecular weight excluding hydrogens is 240 g/mol. The van der Waals surface area contributed by atoms with Crippen molar-refractivity contribution < 1.29 is 0 Å². The molecule has 0 aliphatic carbocycles. The topological polar surface area (TPSA) is 17.8 Å². The summed E-state index contributed by atoms with van der Waals surface area (Å²) in [5, 5.41) is 4.30. The van der Waals surface area contributed by atoms with Crippen molar-refractivity contribution in [1.29, 1.82) is 0 Å². The minimum Gasteiger partial charge on any atom is -0.240 e. The molecule has 1 heterocycles. The molecule has 0 aliphatic heterocycles. The maximum absolute atomic E-state index is 4.30. The van der Waals surface area contributed by atoms with E-state index in [0.717, 1.165) is 10.3 Å². The highest BCUT2D eigenvalue weighted by Crippen LogP contribution is 2.14. The summed E-state index contributed by atoms with van der Waals surface area (Å²) in [6.07, 6.45) is 1.94. The van der Waals surface area contributed by atoms with E-state index in [1.165, 1.54) is 11.1 Å². The van der Waals surface area contributed by atoms with Crippen LogP contribution in [0.25, 0.3) is 5.69 Å². The van der Waals surface area contributed by atoms with Gasteiger partial charge in [-0.05, 0) is 59.1 Å². The van der Waals surface area contributed by atoms with E-state index in [-0.39, 0.29) is 0 Å². The van der Waals surface area contributed by atoms with E-state index in [4.69, 9.17) is 0 Å². The fourth-order valence-electron chi connectivity index (χ4n) is 1.53. The lowest BCUT2D eigenvalue weighted by molar-refractivity contribution is 0.867. The van der Waals surface area contributed by atoms with Gasteiger partial charge in [-0.3, -0.25) is 0 Å². The molecule has 0 saturated heterocycles. The Balaban J connectivity index is 2.51. The van der Waals surface area contributed by atoms with Crippen molar-refractivity contribution in [1.82, 2.24) is 9.78 Å². The van der Waals surface area contributed by atoms with Gasteiger partial charge in [0.2, 0.25) is 0 Å². The van der Waals surface area contributed by atoms with Gasteiger partial charge in [0, 0.05) is 6.20 Å². The highest BCUT2D eigenvalue weighted by molar-refractivity contribution is 9.10. The molecule has 0 atom stereocenters. The Morgan fingerprint density at radius 2 is 1.79 bits per heavy atom. The first-order chi connectivity index (χ1) is 6.65. The molecule has 3 heteroatoms. The third-order valence-electron chi connectivity index (χ3n) is 2.03. The van der Waals surface area contributed by atoms with Crippen LogP contribution >= 0.6 is 15.9 Å². The Hall–Kier alpha value is -1.09. The van der Waals surface area contributed by atoms with Gasteiger partial charge in [0.25, 0.3) is 0 Å². The molecule has 2 aromatic rings. The van der Waals surface area contributed by atoms with E-state index in [1.54, 1.807) is 0 Å². The lowest BCUT2D eigenvalue weighted by Crippen LogP contribution is -1.95. The lowest BCUT2D eigenvalue weighted by Gasteiger charge is -2.04. The number of nitrogens with zero attached hydrogens (tertiary/aromatic N) is 2. The van der Waals surface area contributed by atoms with Crippen molar-refractivity contribution in [2.45, 2.75) is 13.8 Å². The molecule has 0 aliphatic rings. The zero-order valence-corrected chi connectivity index (χ0v) is 9.75. The van der Waals surface area contributed by atoms with Crippen LogP contribution in [0.2, 0.25) is 0 Å². The minimum absolute atomic E-state index is 0.858. The highest BCUT2D eigenvalue weighted by Gasteiger charge is 2.00. The van der Waals surface area contributed by atoms with Gasteiger partial charge in [-0.2, -0.15) is 5.10 Å². The second-order valence-electron chi connectivity index (χ2n) is 3.43. The Labute approximate surface area is 91.7 Å². The monoisotopic (exact) mass is 250 g/mol. The van der Waals surface area contributed by atoms with Gasteiger partial charge in [-0.25, -0.2) is 4.68 Å². The van der Waals surface area contributed by atoms with Gasteiger partial charge < -0.3 is 0 Å². The summed E-state index contributed by atoms with van der Waals surface area (Å²) in [6, 6.07) is 8.32. The average Bonchev–Trinajstić information content (AvgIpc) is 2.50. The predicted octanol–water partition coefficient (Wildman–Crippen LogP) is 3.25. The van der Waals surface area contributed by atoms with Crippen molar-refractivity contribution in [3.8, 4) is 5.69 Å². The van der Waals surface area contributed by atoms with Crippen LogP contribution < -0.4 is 0 Å². The zero-order valence-electron chi connectivity index (χ0n) is 8.16. The summed E-state index contributed by atoms with van der Waals surface area (Å²) < 4.78 is 2.72. The first-order valence-electron chi connectivity index (χ1n) is 4.45. The molecule has 14 heavy (non-hydrogen) atoms. The number of aromatic nitrogens is 2. The van der Waals surface area contributed by atoms with Gasteiger partial charge in [0.1, 0.15) is 4.60 Å². The molecule has 72 valence electrons. The SMILES string of the molecule is Cc1cc(C)cc(-n2ccc(Br)n2)c1. The summed E-state index contributed by atoms with van der Waals surface area (Å²) in [7, 11) is 0. The van der Waals surface area contributed by atoms with Crippen molar-refractivity contribution in [3.63, 3.8) is 0 Å². The summed E-state index contributed by atoms with van der Waals surface area (Å²) >= 11 is 3.33. The van der Waals surface area contributed by atoms with Gasteiger partial charge >= 0.3 is 0 Å². The summed E-state index contributed by atoms with van der Waals surface area (Å²) in [6.45, 7) is 4.18. The van der Waals surface area contributed by atoms with E-state index in [9.17, 15) is 0 Å². The fraction of sp³-hybridized carbons (Fsp3) is 0.182. The molecule has 0 N–H and O–H groups in total. The van der Waals surface area contributed by atoms with Gasteiger partial charge in [0.15, 0.2) is 0 Å². The van der Waals surface area contributed by atoms with Crippen molar-refractivity contribution in [2.75, 3.05) is 0 Å². The van der Waals surface area contributed by atoms with E-state index in [2.05, 4.69) is 53.1 Å². The number of rotatable bonds is 1. The smallest absolute Gasteiger partial charge is 0.128 e. The molecule has 0 amide bonds. The first-order valence-corrected chi connectivity index (χ1v) is 5.24. The number of hydrogen-bond acceptors (Lipinski definition) is 1. The molecule has 2 rings (SSSR count). The molecule has 1 aromatic heterocycles. The minimum atomic E-state index is 0.858.